The second kappa shape index (κ2) is 7.64. The lowest BCUT2D eigenvalue weighted by molar-refractivity contribution is -0.120. The molecule has 0 unspecified atom stereocenters. The van der Waals surface area contributed by atoms with E-state index in [-0.39, 0.29) is 11.8 Å². The number of anilines is 2. The topological polar surface area (TPSA) is 40.6 Å². The highest BCUT2D eigenvalue weighted by molar-refractivity contribution is 6.46. The Labute approximate surface area is 177 Å². The highest BCUT2D eigenvalue weighted by atomic mass is 16.2. The number of imide groups is 1. The molecule has 3 aromatic carbocycles. The van der Waals surface area contributed by atoms with Gasteiger partial charge in [0.05, 0.1) is 11.3 Å². The second-order valence-electron chi connectivity index (χ2n) is 7.72. The Bertz CT molecular complexity index is 1160. The molecular formula is C26H24N2O2. The van der Waals surface area contributed by atoms with Crippen LogP contribution in [0.15, 0.2) is 78.5 Å². The summed E-state index contributed by atoms with van der Waals surface area (Å²) in [6, 6.07) is 23.1. The van der Waals surface area contributed by atoms with Gasteiger partial charge in [0, 0.05) is 12.7 Å². The van der Waals surface area contributed by atoms with Gasteiger partial charge in [0.1, 0.15) is 5.70 Å². The van der Waals surface area contributed by atoms with Crippen LogP contribution in [0.3, 0.4) is 0 Å². The van der Waals surface area contributed by atoms with Crippen LogP contribution in [-0.2, 0) is 9.59 Å². The molecule has 0 atom stereocenters. The molecule has 0 N–H and O–H groups in total. The summed E-state index contributed by atoms with van der Waals surface area (Å²) in [5.41, 5.74) is 6.09. The molecule has 0 spiro atoms. The van der Waals surface area contributed by atoms with E-state index in [0.29, 0.717) is 17.0 Å². The summed E-state index contributed by atoms with van der Waals surface area (Å²) in [7, 11) is 1.83. The Hall–Kier alpha value is -3.66. The molecule has 1 aliphatic heterocycles. The fraction of sp³-hybridized carbons (Fsp3) is 0.154. The summed E-state index contributed by atoms with van der Waals surface area (Å²) in [6.07, 6.45) is 0. The predicted octanol–water partition coefficient (Wildman–Crippen LogP) is 5.03. The Morgan fingerprint density at radius 1 is 0.733 bits per heavy atom. The molecule has 3 aromatic rings. The predicted molar refractivity (Wildman–Crippen MR) is 121 cm³/mol. The van der Waals surface area contributed by atoms with E-state index in [1.54, 1.807) is 4.90 Å². The summed E-state index contributed by atoms with van der Waals surface area (Å²) in [6.45, 7) is 5.92. The number of benzene rings is 3. The normalized spacial score (nSPS) is 13.9. The van der Waals surface area contributed by atoms with Crippen molar-refractivity contribution in [2.24, 2.45) is 0 Å². The lowest BCUT2D eigenvalue weighted by Crippen LogP contribution is -2.34. The number of carbonyl (C=O) groups excluding carboxylic acids is 2. The Kier molecular flexibility index (Phi) is 5.00. The molecule has 30 heavy (non-hydrogen) atoms. The molecule has 4 nitrogen and oxygen atoms in total. The third kappa shape index (κ3) is 3.30. The van der Waals surface area contributed by atoms with E-state index in [0.717, 1.165) is 27.9 Å². The summed E-state index contributed by atoms with van der Waals surface area (Å²) in [5, 5.41) is 0. The van der Waals surface area contributed by atoms with Crippen molar-refractivity contribution >= 4 is 28.8 Å². The molecule has 1 heterocycles. The van der Waals surface area contributed by atoms with Gasteiger partial charge in [-0.05, 0) is 50.1 Å². The summed E-state index contributed by atoms with van der Waals surface area (Å²) >= 11 is 0. The lowest BCUT2D eigenvalue weighted by atomic mass is 10.0. The maximum atomic E-state index is 13.6. The smallest absolute Gasteiger partial charge is 0.282 e. The molecular weight excluding hydrogens is 372 g/mol. The first-order valence-electron chi connectivity index (χ1n) is 9.94. The van der Waals surface area contributed by atoms with E-state index in [1.807, 2.05) is 101 Å². The van der Waals surface area contributed by atoms with Crippen LogP contribution in [0.1, 0.15) is 22.3 Å². The lowest BCUT2D eigenvalue weighted by Gasteiger charge is -2.22. The average molecular weight is 396 g/mol. The molecule has 4 heteroatoms. The molecule has 0 radical (unpaired) electrons. The fourth-order valence-corrected chi connectivity index (χ4v) is 3.87. The van der Waals surface area contributed by atoms with Crippen molar-refractivity contribution in [2.45, 2.75) is 20.8 Å². The molecule has 2 amide bonds. The van der Waals surface area contributed by atoms with Crippen molar-refractivity contribution in [3.63, 3.8) is 0 Å². The average Bonchev–Trinajstić information content (AvgIpc) is 2.99. The zero-order valence-corrected chi connectivity index (χ0v) is 17.6. The van der Waals surface area contributed by atoms with E-state index < -0.39 is 0 Å². The van der Waals surface area contributed by atoms with Gasteiger partial charge in [0.15, 0.2) is 0 Å². The number of rotatable bonds is 4. The Morgan fingerprint density at radius 2 is 1.37 bits per heavy atom. The SMILES string of the molecule is Cc1ccc(C2=C(N(C)c3ccccc3)C(=O)N(c3ccc(C)cc3C)C2=O)cc1. The van der Waals surface area contributed by atoms with Crippen LogP contribution in [0.5, 0.6) is 0 Å². The zero-order chi connectivity index (χ0) is 21.4. The number of hydrogen-bond acceptors (Lipinski definition) is 3. The fourth-order valence-electron chi connectivity index (χ4n) is 3.87. The van der Waals surface area contributed by atoms with Crippen LogP contribution in [0.2, 0.25) is 0 Å². The third-order valence-corrected chi connectivity index (χ3v) is 5.47. The van der Waals surface area contributed by atoms with E-state index in [1.165, 1.54) is 4.90 Å². The van der Waals surface area contributed by atoms with Crippen molar-refractivity contribution < 1.29 is 9.59 Å². The van der Waals surface area contributed by atoms with Gasteiger partial charge in [-0.2, -0.15) is 0 Å². The molecule has 0 fully saturated rings. The molecule has 1 aliphatic rings. The number of likely N-dealkylation sites (N-methyl/N-ethyl adjacent to an activating group) is 1. The van der Waals surface area contributed by atoms with E-state index in [2.05, 4.69) is 0 Å². The van der Waals surface area contributed by atoms with Crippen molar-refractivity contribution in [1.29, 1.82) is 0 Å². The molecule has 0 bridgehead atoms. The number of amides is 2. The van der Waals surface area contributed by atoms with Gasteiger partial charge in [0.2, 0.25) is 0 Å². The van der Waals surface area contributed by atoms with Crippen molar-refractivity contribution in [2.75, 3.05) is 16.8 Å². The van der Waals surface area contributed by atoms with Crippen LogP contribution in [0.25, 0.3) is 5.57 Å². The quantitative estimate of drug-likeness (QED) is 0.581. The Balaban J connectivity index is 1.89. The Morgan fingerprint density at radius 3 is 2.00 bits per heavy atom. The molecule has 4 rings (SSSR count). The van der Waals surface area contributed by atoms with Crippen LogP contribution >= 0.6 is 0 Å². The minimum Gasteiger partial charge on any atom is -0.339 e. The first kappa shape index (κ1) is 19.6. The van der Waals surface area contributed by atoms with E-state index in [4.69, 9.17) is 0 Å². The van der Waals surface area contributed by atoms with Crippen molar-refractivity contribution in [3.05, 3.63) is 101 Å². The highest BCUT2D eigenvalue weighted by Crippen LogP contribution is 2.37. The molecule has 0 aromatic heterocycles. The number of hydrogen-bond donors (Lipinski definition) is 0. The first-order valence-corrected chi connectivity index (χ1v) is 9.94. The monoisotopic (exact) mass is 396 g/mol. The van der Waals surface area contributed by atoms with Gasteiger partial charge in [-0.3, -0.25) is 9.59 Å². The van der Waals surface area contributed by atoms with Gasteiger partial charge < -0.3 is 4.90 Å². The van der Waals surface area contributed by atoms with Gasteiger partial charge >= 0.3 is 0 Å². The summed E-state index contributed by atoms with van der Waals surface area (Å²) < 4.78 is 0. The maximum absolute atomic E-state index is 13.6. The largest absolute Gasteiger partial charge is 0.339 e. The van der Waals surface area contributed by atoms with Gasteiger partial charge in [-0.15, -0.1) is 0 Å². The minimum atomic E-state index is -0.311. The number of aryl methyl sites for hydroxylation is 3. The van der Waals surface area contributed by atoms with E-state index in [9.17, 15) is 9.59 Å². The minimum absolute atomic E-state index is 0.298. The van der Waals surface area contributed by atoms with Crippen molar-refractivity contribution in [3.8, 4) is 0 Å². The van der Waals surface area contributed by atoms with Gasteiger partial charge in [-0.1, -0.05) is 65.7 Å². The highest BCUT2D eigenvalue weighted by Gasteiger charge is 2.42. The maximum Gasteiger partial charge on any atom is 0.282 e. The van der Waals surface area contributed by atoms with Crippen LogP contribution in [0, 0.1) is 20.8 Å². The molecule has 0 saturated heterocycles. The van der Waals surface area contributed by atoms with Gasteiger partial charge in [0.25, 0.3) is 11.8 Å². The van der Waals surface area contributed by atoms with Crippen LogP contribution in [-0.4, -0.2) is 18.9 Å². The van der Waals surface area contributed by atoms with E-state index >= 15 is 0 Å². The molecule has 0 saturated carbocycles. The third-order valence-electron chi connectivity index (χ3n) is 5.47. The summed E-state index contributed by atoms with van der Waals surface area (Å²) in [4.78, 5) is 30.3. The number of nitrogens with zero attached hydrogens (tertiary/aromatic N) is 2. The number of carbonyl (C=O) groups is 2. The number of para-hydroxylation sites is 1. The summed E-state index contributed by atoms with van der Waals surface area (Å²) in [5.74, 6) is -0.609. The first-order chi connectivity index (χ1) is 14.4. The van der Waals surface area contributed by atoms with Gasteiger partial charge in [-0.25, -0.2) is 4.90 Å². The second-order valence-corrected chi connectivity index (χ2v) is 7.72. The zero-order valence-electron chi connectivity index (χ0n) is 17.6. The van der Waals surface area contributed by atoms with Crippen LogP contribution < -0.4 is 9.80 Å². The standard InChI is InChI=1S/C26H24N2O2/c1-17-10-13-20(14-11-17)23-24(27(4)21-8-6-5-7-9-21)26(30)28(25(23)29)22-15-12-18(2)16-19(22)3/h5-16H,1-4H3. The molecule has 0 aliphatic carbocycles. The molecule has 150 valence electrons. The van der Waals surface area contributed by atoms with Crippen LogP contribution in [0.4, 0.5) is 11.4 Å². The van der Waals surface area contributed by atoms with Crippen molar-refractivity contribution in [1.82, 2.24) is 0 Å².